The molecule has 5 atom stereocenters. The maximum atomic E-state index is 12.0. The minimum atomic E-state index is -4.82. The quantitative estimate of drug-likeness (QED) is 0.233. The van der Waals surface area contributed by atoms with Crippen LogP contribution in [0.2, 0.25) is 5.28 Å². The lowest BCUT2D eigenvalue weighted by molar-refractivity contribution is -0.0483. The van der Waals surface area contributed by atoms with E-state index in [-0.39, 0.29) is 10.9 Å². The molecule has 37 heavy (non-hydrogen) atoms. The smallest absolute Gasteiger partial charge is 0.340 e. The van der Waals surface area contributed by atoms with E-state index in [0.717, 1.165) is 25.9 Å². The van der Waals surface area contributed by atoms with Gasteiger partial charge in [0, 0.05) is 13.1 Å². The Balaban J connectivity index is 1.34. The molecule has 0 radical (unpaired) electrons. The minimum Gasteiger partial charge on any atom is -0.387 e. The largest absolute Gasteiger partial charge is 0.387 e. The average molecular weight is 582 g/mol. The van der Waals surface area contributed by atoms with Gasteiger partial charge >= 0.3 is 15.2 Å². The first-order valence-corrected chi connectivity index (χ1v) is 16.0. The third-order valence-corrected chi connectivity index (χ3v) is 11.2. The molecule has 1 aliphatic carbocycles. The predicted molar refractivity (Wildman–Crippen MR) is 131 cm³/mol. The lowest BCUT2D eigenvalue weighted by Gasteiger charge is -2.39. The Morgan fingerprint density at radius 3 is 2.41 bits per heavy atom. The molecule has 1 saturated carbocycles. The van der Waals surface area contributed by atoms with Gasteiger partial charge < -0.3 is 39.1 Å². The van der Waals surface area contributed by atoms with Crippen LogP contribution in [0.25, 0.3) is 11.2 Å². The number of fused-ring (bicyclic) bond motifs is 1. The molecule has 1 spiro atoms. The number of aliphatic hydroxyl groups excluding tert-OH is 2. The highest BCUT2D eigenvalue weighted by Gasteiger charge is 2.46. The van der Waals surface area contributed by atoms with E-state index < -0.39 is 52.2 Å². The monoisotopic (exact) mass is 581 g/mol. The zero-order valence-electron chi connectivity index (χ0n) is 19.8. The zero-order valence-corrected chi connectivity index (χ0v) is 22.4. The molecule has 4 heterocycles. The van der Waals surface area contributed by atoms with E-state index in [0.29, 0.717) is 16.7 Å². The highest BCUT2D eigenvalue weighted by molar-refractivity contribution is 7.70. The van der Waals surface area contributed by atoms with Crippen LogP contribution in [-0.2, 0) is 18.4 Å². The summed E-state index contributed by atoms with van der Waals surface area (Å²) in [5.41, 5.74) is 1.14. The maximum absolute atomic E-state index is 12.0. The Morgan fingerprint density at radius 2 is 1.76 bits per heavy atom. The Bertz CT molecular complexity index is 1240. The molecule has 0 bridgehead atoms. The van der Waals surface area contributed by atoms with E-state index in [4.69, 9.17) is 30.6 Å². The standard InChI is InChI=1S/C20H30ClN5O9P2/c21-19-23-16(25-7-5-20(6-8-25)3-1-2-4-20)13-17(24-19)26(10-22-13)18-15(28)14(27)12(35-18)9-34-37(32,33)11-36(29,30)31/h10,12,14-15,18,27-28H,1-9,11H2,(H,32,33)(H2,29,30,31)/t12-,14?,15+,18-/m1/s1. The lowest BCUT2D eigenvalue weighted by Crippen LogP contribution is -2.39. The van der Waals surface area contributed by atoms with Gasteiger partial charge in [0.15, 0.2) is 29.1 Å². The number of aliphatic hydroxyl groups is 2. The Hall–Kier alpha value is -1.18. The minimum absolute atomic E-state index is 0.0167. The van der Waals surface area contributed by atoms with Crippen molar-refractivity contribution in [1.82, 2.24) is 19.5 Å². The second-order valence-electron chi connectivity index (χ2n) is 10.1. The predicted octanol–water partition coefficient (Wildman–Crippen LogP) is 1.60. The van der Waals surface area contributed by atoms with Gasteiger partial charge in [-0.25, -0.2) is 4.98 Å². The molecule has 5 rings (SSSR count). The second kappa shape index (κ2) is 10.1. The summed E-state index contributed by atoms with van der Waals surface area (Å²) in [6.45, 7) is 0.934. The van der Waals surface area contributed by atoms with Gasteiger partial charge in [0.25, 0.3) is 0 Å². The number of hydrogen-bond donors (Lipinski definition) is 5. The molecule has 0 amide bonds. The van der Waals surface area contributed by atoms with Crippen molar-refractivity contribution >= 4 is 43.8 Å². The van der Waals surface area contributed by atoms with Gasteiger partial charge in [-0.1, -0.05) is 12.8 Å². The fourth-order valence-corrected chi connectivity index (χ4v) is 8.39. The highest BCUT2D eigenvalue weighted by atomic mass is 35.5. The highest BCUT2D eigenvalue weighted by Crippen LogP contribution is 2.55. The van der Waals surface area contributed by atoms with Crippen LogP contribution < -0.4 is 4.90 Å². The van der Waals surface area contributed by atoms with Crippen molar-refractivity contribution in [3.8, 4) is 0 Å². The number of halogens is 1. The maximum Gasteiger partial charge on any atom is 0.340 e. The molecular formula is C20H30ClN5O9P2. The number of imidazole rings is 1. The van der Waals surface area contributed by atoms with Gasteiger partial charge in [-0.3, -0.25) is 13.7 Å². The number of rotatable bonds is 7. The van der Waals surface area contributed by atoms with Crippen molar-refractivity contribution in [2.45, 2.75) is 63.1 Å². The van der Waals surface area contributed by atoms with Crippen molar-refractivity contribution < 1.29 is 43.3 Å². The topological polar surface area (TPSA) is 201 Å². The average Bonchev–Trinajstić information content (AvgIpc) is 3.50. The molecule has 2 unspecified atom stereocenters. The summed E-state index contributed by atoms with van der Waals surface area (Å²) in [6, 6.07) is 0. The Labute approximate surface area is 217 Å². The van der Waals surface area contributed by atoms with E-state index in [1.165, 1.54) is 36.6 Å². The number of piperidine rings is 1. The summed E-state index contributed by atoms with van der Waals surface area (Å²) < 4.78 is 34.9. The van der Waals surface area contributed by atoms with Crippen molar-refractivity contribution in [1.29, 1.82) is 0 Å². The summed E-state index contributed by atoms with van der Waals surface area (Å²) >= 11 is 6.26. The number of anilines is 1. The van der Waals surface area contributed by atoms with Gasteiger partial charge in [-0.15, -0.1) is 0 Å². The molecule has 3 fully saturated rings. The van der Waals surface area contributed by atoms with Crippen molar-refractivity contribution in [2.24, 2.45) is 5.41 Å². The van der Waals surface area contributed by atoms with Crippen molar-refractivity contribution in [2.75, 3.05) is 30.5 Å². The molecule has 3 aliphatic rings. The van der Waals surface area contributed by atoms with Crippen LogP contribution in [0.4, 0.5) is 5.82 Å². The third-order valence-electron chi connectivity index (χ3n) is 7.58. The molecule has 17 heteroatoms. The van der Waals surface area contributed by atoms with E-state index in [1.54, 1.807) is 0 Å². The van der Waals surface area contributed by atoms with Crippen molar-refractivity contribution in [3.63, 3.8) is 0 Å². The van der Waals surface area contributed by atoms with Crippen LogP contribution in [0.1, 0.15) is 44.8 Å². The fourth-order valence-electron chi connectivity index (χ4n) is 5.66. The number of ether oxygens (including phenoxy) is 1. The van der Waals surface area contributed by atoms with Crippen LogP contribution in [0.3, 0.4) is 0 Å². The Kier molecular flexibility index (Phi) is 7.47. The lowest BCUT2D eigenvalue weighted by atomic mass is 9.77. The summed E-state index contributed by atoms with van der Waals surface area (Å²) in [7, 11) is -9.49. The Morgan fingerprint density at radius 1 is 1.08 bits per heavy atom. The van der Waals surface area contributed by atoms with Gasteiger partial charge in [0.1, 0.15) is 18.3 Å². The summed E-state index contributed by atoms with van der Waals surface area (Å²) in [5.74, 6) is -0.801. The van der Waals surface area contributed by atoms with E-state index in [2.05, 4.69) is 19.9 Å². The molecule has 14 nitrogen and oxygen atoms in total. The van der Waals surface area contributed by atoms with Gasteiger partial charge in [0.2, 0.25) is 5.28 Å². The van der Waals surface area contributed by atoms with E-state index in [9.17, 15) is 24.2 Å². The molecule has 0 aromatic carbocycles. The summed E-state index contributed by atoms with van der Waals surface area (Å²) in [5, 5.41) is 21.1. The molecule has 5 N–H and O–H groups in total. The first kappa shape index (κ1) is 27.4. The molecular weight excluding hydrogens is 552 g/mol. The molecule has 2 aromatic rings. The molecule has 2 saturated heterocycles. The molecule has 2 aliphatic heterocycles. The first-order valence-electron chi connectivity index (χ1n) is 12.0. The van der Waals surface area contributed by atoms with Crippen LogP contribution in [0.15, 0.2) is 6.33 Å². The summed E-state index contributed by atoms with van der Waals surface area (Å²) in [6.07, 6.45) is 3.10. The molecule has 2 aromatic heterocycles. The van der Waals surface area contributed by atoms with Crippen LogP contribution in [0.5, 0.6) is 0 Å². The van der Waals surface area contributed by atoms with E-state index in [1.807, 2.05) is 0 Å². The normalized spacial score (nSPS) is 29.8. The van der Waals surface area contributed by atoms with E-state index >= 15 is 0 Å². The molecule has 206 valence electrons. The van der Waals surface area contributed by atoms with Crippen LogP contribution in [0, 0.1) is 5.41 Å². The number of aromatic nitrogens is 4. The van der Waals surface area contributed by atoms with Gasteiger partial charge in [-0.05, 0) is 42.7 Å². The fraction of sp³-hybridized carbons (Fsp3) is 0.750. The van der Waals surface area contributed by atoms with Crippen molar-refractivity contribution in [3.05, 3.63) is 11.6 Å². The van der Waals surface area contributed by atoms with Gasteiger partial charge in [0.05, 0.1) is 12.9 Å². The van der Waals surface area contributed by atoms with Crippen LogP contribution in [-0.4, -0.2) is 88.3 Å². The van der Waals surface area contributed by atoms with Crippen LogP contribution >= 0.6 is 26.8 Å². The second-order valence-corrected chi connectivity index (χ2v) is 14.5. The SMILES string of the molecule is O=P(O)(O)CP(=O)(O)OC[C@H]1O[C@@H](n2cnc3c(N4CCC5(CCCC5)CC4)nc(Cl)nc32)[C@@H](O)C1O. The number of nitrogens with zero attached hydrogens (tertiary/aromatic N) is 5. The third kappa shape index (κ3) is 5.74. The zero-order chi connectivity index (χ0) is 26.6. The van der Waals surface area contributed by atoms with Gasteiger partial charge in [-0.2, -0.15) is 9.97 Å². The first-order chi connectivity index (χ1) is 17.4. The summed E-state index contributed by atoms with van der Waals surface area (Å²) in [4.78, 5) is 42.8. The number of hydrogen-bond acceptors (Lipinski definition) is 10.